The second kappa shape index (κ2) is 5.08. The molecule has 0 rings (SSSR count). The van der Waals surface area contributed by atoms with E-state index in [1.54, 1.807) is 13.8 Å². The summed E-state index contributed by atoms with van der Waals surface area (Å²) in [4.78, 5) is 24.5. The molecule has 72 valence electrons. The van der Waals surface area contributed by atoms with Gasteiger partial charge < -0.3 is 11.1 Å². The lowest BCUT2D eigenvalue weighted by Crippen LogP contribution is -2.34. The van der Waals surface area contributed by atoms with Crippen LogP contribution in [0, 0.1) is 0 Å². The van der Waals surface area contributed by atoms with Crippen LogP contribution in [0.25, 0.3) is 0 Å². The Kier molecular flexibility index (Phi) is 4.43. The van der Waals surface area contributed by atoms with Crippen molar-refractivity contribution in [3.8, 4) is 0 Å². The van der Waals surface area contributed by atoms with Gasteiger partial charge in [0.05, 0.1) is 6.04 Å². The number of aliphatic imine (C=N–C) groups is 1. The Hall–Kier alpha value is -1.65. The summed E-state index contributed by atoms with van der Waals surface area (Å²) >= 11 is 0. The maximum Gasteiger partial charge on any atom is 0.338 e. The Balaban J connectivity index is 4.01. The number of nitrogens with one attached hydrogen (secondary N) is 1. The number of urea groups is 1. The molecular weight excluding hydrogens is 170 g/mol. The number of carbonyl (C=O) groups is 2. The maximum absolute atomic E-state index is 11.0. The van der Waals surface area contributed by atoms with Crippen molar-refractivity contribution < 1.29 is 9.59 Å². The van der Waals surface area contributed by atoms with Crippen LogP contribution in [0.5, 0.6) is 0 Å². The van der Waals surface area contributed by atoms with E-state index < -0.39 is 6.03 Å². The third kappa shape index (κ3) is 5.60. The Morgan fingerprint density at radius 2 is 2.15 bits per heavy atom. The second-order valence-corrected chi connectivity index (χ2v) is 2.66. The number of carbonyl (C=O) groups excluding carboxylic acids is 2. The highest BCUT2D eigenvalue weighted by molar-refractivity contribution is 5.94. The maximum atomic E-state index is 11.0. The molecule has 0 heterocycles. The van der Waals surface area contributed by atoms with Crippen LogP contribution in [0.15, 0.2) is 17.1 Å². The number of amides is 3. The number of hydrogen-bond acceptors (Lipinski definition) is 2. The van der Waals surface area contributed by atoms with Crippen molar-refractivity contribution in [2.75, 3.05) is 0 Å². The van der Waals surface area contributed by atoms with E-state index in [2.05, 4.69) is 16.9 Å². The molecule has 0 bridgehead atoms. The van der Waals surface area contributed by atoms with Crippen LogP contribution in [0.3, 0.4) is 0 Å². The monoisotopic (exact) mass is 183 g/mol. The van der Waals surface area contributed by atoms with Crippen LogP contribution >= 0.6 is 0 Å². The van der Waals surface area contributed by atoms with E-state index in [-0.39, 0.29) is 11.9 Å². The van der Waals surface area contributed by atoms with E-state index in [1.165, 1.54) is 6.21 Å². The van der Waals surface area contributed by atoms with Gasteiger partial charge >= 0.3 is 6.03 Å². The van der Waals surface area contributed by atoms with Gasteiger partial charge in [-0.05, 0) is 13.8 Å². The van der Waals surface area contributed by atoms with Crippen LogP contribution < -0.4 is 11.1 Å². The van der Waals surface area contributed by atoms with Crippen LogP contribution in [0.4, 0.5) is 4.79 Å². The number of nitrogens with zero attached hydrogens (tertiary/aromatic N) is 1. The number of rotatable bonds is 3. The second-order valence-electron chi connectivity index (χ2n) is 2.66. The van der Waals surface area contributed by atoms with E-state index in [4.69, 9.17) is 5.73 Å². The molecule has 0 saturated carbocycles. The minimum Gasteiger partial charge on any atom is -0.350 e. The third-order valence-electron chi connectivity index (χ3n) is 1.17. The molecule has 0 aliphatic carbocycles. The standard InChI is InChI=1S/C8H13N3O2/c1-5(2)7(12)11-6(3)4-10-8(9)13/h4,6H,1H2,2-3H3,(H2,9,13)(H,11,12). The van der Waals surface area contributed by atoms with Crippen molar-refractivity contribution in [1.29, 1.82) is 0 Å². The van der Waals surface area contributed by atoms with Crippen molar-refractivity contribution in [3.63, 3.8) is 0 Å². The van der Waals surface area contributed by atoms with Gasteiger partial charge in [-0.15, -0.1) is 0 Å². The Morgan fingerprint density at radius 3 is 2.54 bits per heavy atom. The van der Waals surface area contributed by atoms with Crippen molar-refractivity contribution in [3.05, 3.63) is 12.2 Å². The normalized spacial score (nSPS) is 12.5. The van der Waals surface area contributed by atoms with Crippen molar-refractivity contribution >= 4 is 18.2 Å². The molecule has 5 heteroatoms. The average Bonchev–Trinajstić information content (AvgIpc) is 2.00. The highest BCUT2D eigenvalue weighted by Gasteiger charge is 2.04. The molecule has 0 fully saturated rings. The van der Waals surface area contributed by atoms with Crippen molar-refractivity contribution in [1.82, 2.24) is 5.32 Å². The van der Waals surface area contributed by atoms with Crippen LogP contribution in [-0.2, 0) is 4.79 Å². The van der Waals surface area contributed by atoms with E-state index in [9.17, 15) is 9.59 Å². The Morgan fingerprint density at radius 1 is 1.62 bits per heavy atom. The molecule has 1 unspecified atom stereocenters. The molecule has 3 amide bonds. The first kappa shape index (κ1) is 11.4. The molecule has 0 aromatic carbocycles. The smallest absolute Gasteiger partial charge is 0.338 e. The fourth-order valence-electron chi connectivity index (χ4n) is 0.553. The highest BCUT2D eigenvalue weighted by atomic mass is 16.2. The van der Waals surface area contributed by atoms with Crippen LogP contribution in [-0.4, -0.2) is 24.2 Å². The van der Waals surface area contributed by atoms with Crippen molar-refractivity contribution in [2.45, 2.75) is 19.9 Å². The van der Waals surface area contributed by atoms with Gasteiger partial charge in [0.15, 0.2) is 0 Å². The molecule has 3 N–H and O–H groups in total. The first-order valence-electron chi connectivity index (χ1n) is 3.73. The van der Waals surface area contributed by atoms with E-state index in [0.717, 1.165) is 0 Å². The van der Waals surface area contributed by atoms with Gasteiger partial charge in [0.2, 0.25) is 5.91 Å². The molecule has 5 nitrogen and oxygen atoms in total. The summed E-state index contributed by atoms with van der Waals surface area (Å²) in [6.07, 6.45) is 1.27. The molecule has 0 saturated heterocycles. The molecule has 0 aromatic rings. The van der Waals surface area contributed by atoms with Gasteiger partial charge in [0.1, 0.15) is 0 Å². The van der Waals surface area contributed by atoms with Crippen LogP contribution in [0.1, 0.15) is 13.8 Å². The minimum atomic E-state index is -0.781. The van der Waals surface area contributed by atoms with Gasteiger partial charge in [0.25, 0.3) is 0 Å². The minimum absolute atomic E-state index is 0.275. The summed E-state index contributed by atoms with van der Waals surface area (Å²) in [7, 11) is 0. The largest absolute Gasteiger partial charge is 0.350 e. The molecule has 0 spiro atoms. The molecule has 1 atom stereocenters. The quantitative estimate of drug-likeness (QED) is 0.484. The predicted octanol–water partition coefficient (Wildman–Crippen LogP) is 0.217. The first-order valence-corrected chi connectivity index (χ1v) is 3.73. The predicted molar refractivity (Wildman–Crippen MR) is 50.5 cm³/mol. The SMILES string of the molecule is C=C(C)C(=O)NC(C)C=NC(N)=O. The van der Waals surface area contributed by atoms with Gasteiger partial charge in [-0.3, -0.25) is 4.79 Å². The Labute approximate surface area is 76.7 Å². The third-order valence-corrected chi connectivity index (χ3v) is 1.17. The average molecular weight is 183 g/mol. The van der Waals surface area contributed by atoms with Gasteiger partial charge in [0, 0.05) is 11.8 Å². The molecule has 0 aliphatic heterocycles. The lowest BCUT2D eigenvalue weighted by molar-refractivity contribution is -0.117. The van der Waals surface area contributed by atoms with E-state index in [1.807, 2.05) is 0 Å². The molecular formula is C8H13N3O2. The summed E-state index contributed by atoms with van der Waals surface area (Å²) in [5.74, 6) is -0.275. The zero-order valence-electron chi connectivity index (χ0n) is 7.70. The Bertz CT molecular complexity index is 258. The van der Waals surface area contributed by atoms with E-state index in [0.29, 0.717) is 5.57 Å². The summed E-state index contributed by atoms with van der Waals surface area (Å²) in [6.45, 7) is 6.72. The number of nitrogens with two attached hydrogens (primary N) is 1. The molecule has 0 radical (unpaired) electrons. The summed E-state index contributed by atoms with van der Waals surface area (Å²) in [6, 6.07) is -1.12. The summed E-state index contributed by atoms with van der Waals surface area (Å²) in [5, 5.41) is 2.54. The molecule has 0 aromatic heterocycles. The lowest BCUT2D eigenvalue weighted by Gasteiger charge is -2.07. The van der Waals surface area contributed by atoms with Gasteiger partial charge in [-0.1, -0.05) is 6.58 Å². The fourth-order valence-corrected chi connectivity index (χ4v) is 0.553. The fraction of sp³-hybridized carbons (Fsp3) is 0.375. The zero-order chi connectivity index (χ0) is 10.4. The summed E-state index contributed by atoms with van der Waals surface area (Å²) in [5.41, 5.74) is 5.17. The van der Waals surface area contributed by atoms with Crippen molar-refractivity contribution in [2.24, 2.45) is 10.7 Å². The first-order chi connectivity index (χ1) is 5.93. The van der Waals surface area contributed by atoms with Gasteiger partial charge in [-0.2, -0.15) is 0 Å². The molecule has 0 aliphatic rings. The number of primary amides is 1. The lowest BCUT2D eigenvalue weighted by atomic mass is 10.3. The topological polar surface area (TPSA) is 84.6 Å². The van der Waals surface area contributed by atoms with Gasteiger partial charge in [-0.25, -0.2) is 9.79 Å². The summed E-state index contributed by atoms with van der Waals surface area (Å²) < 4.78 is 0. The van der Waals surface area contributed by atoms with E-state index >= 15 is 0 Å². The highest BCUT2D eigenvalue weighted by Crippen LogP contribution is 1.87. The van der Waals surface area contributed by atoms with Crippen LogP contribution in [0.2, 0.25) is 0 Å². The number of hydrogen-bond donors (Lipinski definition) is 2. The molecule has 13 heavy (non-hydrogen) atoms. The zero-order valence-corrected chi connectivity index (χ0v) is 7.70.